The van der Waals surface area contributed by atoms with Crippen molar-refractivity contribution in [2.75, 3.05) is 41.3 Å². The number of phenols is 1. The molecule has 6 heteroatoms. The number of hydrogen-bond acceptors (Lipinski definition) is 6. The van der Waals surface area contributed by atoms with Crippen molar-refractivity contribution in [1.29, 1.82) is 0 Å². The average molecular weight is 359 g/mol. The van der Waals surface area contributed by atoms with E-state index in [-0.39, 0.29) is 5.75 Å². The maximum absolute atomic E-state index is 10.2. The number of aromatic hydroxyl groups is 1. The van der Waals surface area contributed by atoms with Crippen LogP contribution in [-0.4, -0.2) is 47.5 Å². The Morgan fingerprint density at radius 3 is 2.63 bits per heavy atom. The molecule has 5 rings (SSSR count). The van der Waals surface area contributed by atoms with E-state index >= 15 is 0 Å². The van der Waals surface area contributed by atoms with Gasteiger partial charge >= 0.3 is 0 Å². The van der Waals surface area contributed by atoms with Gasteiger partial charge < -0.3 is 20.2 Å². The van der Waals surface area contributed by atoms with E-state index in [2.05, 4.69) is 55.6 Å². The highest BCUT2D eigenvalue weighted by atomic mass is 16.3. The lowest BCUT2D eigenvalue weighted by Gasteiger charge is -2.46. The Hall–Kier alpha value is -3.28. The second-order valence-electron chi connectivity index (χ2n) is 6.99. The molecule has 0 amide bonds. The molecule has 0 radical (unpaired) electrons. The molecule has 0 spiro atoms. The molecule has 1 fully saturated rings. The van der Waals surface area contributed by atoms with Gasteiger partial charge in [0.1, 0.15) is 5.75 Å². The maximum atomic E-state index is 10.2. The molecule has 2 N–H and O–H groups in total. The first-order chi connectivity index (χ1) is 13.3. The Kier molecular flexibility index (Phi) is 3.81. The minimum Gasteiger partial charge on any atom is -0.507 e. The van der Waals surface area contributed by atoms with Crippen molar-refractivity contribution in [2.24, 2.45) is 0 Å². The van der Waals surface area contributed by atoms with Crippen LogP contribution in [0.5, 0.6) is 5.75 Å². The van der Waals surface area contributed by atoms with Crippen molar-refractivity contribution in [2.45, 2.75) is 6.04 Å². The fraction of sp³-hybridized carbons (Fsp3) is 0.238. The van der Waals surface area contributed by atoms with E-state index in [4.69, 9.17) is 0 Å². The first-order valence-electron chi connectivity index (χ1n) is 9.26. The van der Waals surface area contributed by atoms with Gasteiger partial charge in [0.2, 0.25) is 0 Å². The van der Waals surface area contributed by atoms with Gasteiger partial charge in [-0.25, -0.2) is 0 Å². The quantitative estimate of drug-likeness (QED) is 0.733. The van der Waals surface area contributed by atoms with Gasteiger partial charge in [-0.2, -0.15) is 0 Å². The highest BCUT2D eigenvalue weighted by Crippen LogP contribution is 2.36. The van der Waals surface area contributed by atoms with Crippen LogP contribution < -0.4 is 15.1 Å². The van der Waals surface area contributed by atoms with E-state index in [0.717, 1.165) is 37.7 Å². The summed E-state index contributed by atoms with van der Waals surface area (Å²) in [7, 11) is 0. The Bertz CT molecular complexity index is 962. The summed E-state index contributed by atoms with van der Waals surface area (Å²) < 4.78 is 0. The summed E-state index contributed by atoms with van der Waals surface area (Å²) in [6, 6.07) is 20.2. The molecule has 3 aromatic rings. The van der Waals surface area contributed by atoms with E-state index in [1.165, 1.54) is 5.69 Å². The third kappa shape index (κ3) is 2.83. The largest absolute Gasteiger partial charge is 0.507 e. The van der Waals surface area contributed by atoms with E-state index in [1.807, 2.05) is 24.3 Å². The minimum atomic E-state index is 0.223. The summed E-state index contributed by atoms with van der Waals surface area (Å²) in [4.78, 5) is 4.86. The Labute approximate surface area is 158 Å². The molecule has 136 valence electrons. The molecule has 2 aliphatic heterocycles. The van der Waals surface area contributed by atoms with Gasteiger partial charge in [0.15, 0.2) is 5.82 Å². The normalized spacial score (nSPS) is 18.4. The lowest BCUT2D eigenvalue weighted by atomic mass is 10.1. The Morgan fingerprint density at radius 1 is 0.963 bits per heavy atom. The van der Waals surface area contributed by atoms with Crippen LogP contribution in [0.2, 0.25) is 0 Å². The molecule has 2 aromatic carbocycles. The van der Waals surface area contributed by atoms with Crippen LogP contribution >= 0.6 is 0 Å². The van der Waals surface area contributed by atoms with Gasteiger partial charge in [-0.15, -0.1) is 10.2 Å². The van der Waals surface area contributed by atoms with Gasteiger partial charge in [-0.05, 0) is 30.3 Å². The fourth-order valence-electron chi connectivity index (χ4n) is 3.98. The first kappa shape index (κ1) is 15.9. The molecule has 6 nitrogen and oxygen atoms in total. The summed E-state index contributed by atoms with van der Waals surface area (Å²) in [5, 5.41) is 22.3. The molecule has 3 heterocycles. The van der Waals surface area contributed by atoms with Crippen LogP contribution in [0.25, 0.3) is 11.3 Å². The number of nitrogens with one attached hydrogen (secondary N) is 1. The predicted molar refractivity (Wildman–Crippen MR) is 107 cm³/mol. The van der Waals surface area contributed by atoms with Crippen LogP contribution in [0, 0.1) is 0 Å². The monoisotopic (exact) mass is 359 g/mol. The Balaban J connectivity index is 1.45. The summed E-state index contributed by atoms with van der Waals surface area (Å²) in [5.41, 5.74) is 3.73. The summed E-state index contributed by atoms with van der Waals surface area (Å²) in [6.07, 6.45) is 0. The molecule has 0 bridgehead atoms. The van der Waals surface area contributed by atoms with E-state index in [0.29, 0.717) is 17.3 Å². The van der Waals surface area contributed by atoms with E-state index in [9.17, 15) is 5.11 Å². The molecular formula is C21H21N5O. The highest BCUT2D eigenvalue weighted by molar-refractivity contribution is 5.76. The number of benzene rings is 2. The molecule has 1 saturated heterocycles. The number of fused-ring (bicyclic) bond motifs is 3. The number of para-hydroxylation sites is 2. The Morgan fingerprint density at radius 2 is 1.78 bits per heavy atom. The molecule has 1 aromatic heterocycles. The molecule has 1 atom stereocenters. The summed E-state index contributed by atoms with van der Waals surface area (Å²) >= 11 is 0. The maximum Gasteiger partial charge on any atom is 0.172 e. The van der Waals surface area contributed by atoms with Gasteiger partial charge in [0, 0.05) is 37.4 Å². The van der Waals surface area contributed by atoms with Crippen molar-refractivity contribution in [1.82, 2.24) is 10.2 Å². The lowest BCUT2D eigenvalue weighted by Crippen LogP contribution is -2.58. The molecule has 2 aliphatic rings. The van der Waals surface area contributed by atoms with Crippen molar-refractivity contribution < 1.29 is 5.11 Å². The second kappa shape index (κ2) is 6.46. The summed E-state index contributed by atoms with van der Waals surface area (Å²) in [6.45, 7) is 3.71. The zero-order valence-electron chi connectivity index (χ0n) is 14.9. The SMILES string of the molecule is Oc1ccccc1-c1cc2c(nn1)NC[C@@H]1CN(c3ccccc3)CCN21. The van der Waals surface area contributed by atoms with Crippen LogP contribution in [0.4, 0.5) is 17.2 Å². The lowest BCUT2D eigenvalue weighted by molar-refractivity contribution is 0.477. The van der Waals surface area contributed by atoms with Gasteiger partial charge in [0.05, 0.1) is 17.4 Å². The molecule has 27 heavy (non-hydrogen) atoms. The van der Waals surface area contributed by atoms with Crippen molar-refractivity contribution >= 4 is 17.2 Å². The topological polar surface area (TPSA) is 64.5 Å². The minimum absolute atomic E-state index is 0.223. The van der Waals surface area contributed by atoms with E-state index < -0.39 is 0 Å². The molecule has 0 unspecified atom stereocenters. The van der Waals surface area contributed by atoms with Crippen molar-refractivity contribution in [3.63, 3.8) is 0 Å². The zero-order chi connectivity index (χ0) is 18.2. The van der Waals surface area contributed by atoms with Crippen molar-refractivity contribution in [3.05, 3.63) is 60.7 Å². The number of aromatic nitrogens is 2. The van der Waals surface area contributed by atoms with Crippen LogP contribution in [0.3, 0.4) is 0 Å². The zero-order valence-corrected chi connectivity index (χ0v) is 14.9. The smallest absolute Gasteiger partial charge is 0.172 e. The second-order valence-corrected chi connectivity index (χ2v) is 6.99. The molecule has 0 saturated carbocycles. The van der Waals surface area contributed by atoms with Crippen molar-refractivity contribution in [3.8, 4) is 17.0 Å². The van der Waals surface area contributed by atoms with Crippen LogP contribution in [0.1, 0.15) is 0 Å². The third-order valence-electron chi connectivity index (χ3n) is 5.37. The number of piperazine rings is 1. The number of rotatable bonds is 2. The highest BCUT2D eigenvalue weighted by Gasteiger charge is 2.33. The molecule has 0 aliphatic carbocycles. The number of phenolic OH excluding ortho intramolecular Hbond substituents is 1. The number of anilines is 3. The van der Waals surface area contributed by atoms with Crippen LogP contribution in [-0.2, 0) is 0 Å². The fourth-order valence-corrected chi connectivity index (χ4v) is 3.98. The number of nitrogens with zero attached hydrogens (tertiary/aromatic N) is 4. The third-order valence-corrected chi connectivity index (χ3v) is 5.37. The average Bonchev–Trinajstić information content (AvgIpc) is 2.74. The first-order valence-corrected chi connectivity index (χ1v) is 9.26. The molecular weight excluding hydrogens is 338 g/mol. The standard InChI is InChI=1S/C21H21N5O/c27-20-9-5-4-8-17(20)18-12-19-21(24-23-18)22-13-16-14-25(10-11-26(16)19)15-6-2-1-3-7-15/h1-9,12,16,27H,10-11,13-14H2,(H,22,24)/t16-/m1/s1. The number of hydrogen-bond donors (Lipinski definition) is 2. The predicted octanol–water partition coefficient (Wildman–Crippen LogP) is 2.97. The van der Waals surface area contributed by atoms with Gasteiger partial charge in [0.25, 0.3) is 0 Å². The van der Waals surface area contributed by atoms with Gasteiger partial charge in [-0.3, -0.25) is 0 Å². The summed E-state index contributed by atoms with van der Waals surface area (Å²) in [5.74, 6) is 1.04. The van der Waals surface area contributed by atoms with Gasteiger partial charge in [-0.1, -0.05) is 30.3 Å². The van der Waals surface area contributed by atoms with Crippen LogP contribution in [0.15, 0.2) is 60.7 Å². The van der Waals surface area contributed by atoms with E-state index in [1.54, 1.807) is 6.07 Å².